The molecule has 1 N–H and O–H groups in total. The molecule has 0 spiro atoms. The molecule has 5 rings (SSSR count). The molecule has 0 unspecified atom stereocenters. The quantitative estimate of drug-likeness (QED) is 0.266. The molecule has 9 heteroatoms. The molecular weight excluding hydrogens is 522 g/mol. The Morgan fingerprint density at radius 2 is 1.65 bits per heavy atom. The van der Waals surface area contributed by atoms with E-state index in [1.165, 1.54) is 24.3 Å². The lowest BCUT2D eigenvalue weighted by Crippen LogP contribution is -2.41. The van der Waals surface area contributed by atoms with Crippen molar-refractivity contribution >= 4 is 16.8 Å². The molecule has 2 heterocycles. The Kier molecular flexibility index (Phi) is 8.52. The lowest BCUT2D eigenvalue weighted by molar-refractivity contribution is -0.137. The topological polar surface area (TPSA) is 46.5 Å². The number of fused-ring (bicyclic) bond motifs is 1. The van der Waals surface area contributed by atoms with Gasteiger partial charge >= 0.3 is 6.18 Å². The molecule has 0 bridgehead atoms. The average Bonchev–Trinajstić information content (AvgIpc) is 3.31. The molecule has 210 valence electrons. The van der Waals surface area contributed by atoms with Crippen LogP contribution in [0.1, 0.15) is 34.6 Å². The normalized spacial score (nSPS) is 15.3. The van der Waals surface area contributed by atoms with Crippen molar-refractivity contribution in [3.63, 3.8) is 0 Å². The Balaban J connectivity index is 1.44. The molecule has 1 amide bonds. The van der Waals surface area contributed by atoms with Crippen LogP contribution in [-0.2, 0) is 22.3 Å². The summed E-state index contributed by atoms with van der Waals surface area (Å²) in [6.45, 7) is 4.64. The van der Waals surface area contributed by atoms with Gasteiger partial charge in [-0.1, -0.05) is 42.5 Å². The average molecular weight is 554 g/mol. The van der Waals surface area contributed by atoms with Gasteiger partial charge in [0.25, 0.3) is 0 Å². The van der Waals surface area contributed by atoms with Crippen LogP contribution in [0, 0.1) is 5.82 Å². The number of aromatic nitrogens is 1. The summed E-state index contributed by atoms with van der Waals surface area (Å²) in [5.74, 6) is -0.956. The molecule has 0 radical (unpaired) electrons. The highest BCUT2D eigenvalue weighted by atomic mass is 19.4. The van der Waals surface area contributed by atoms with Crippen molar-refractivity contribution in [2.45, 2.75) is 25.1 Å². The number of carbonyl (C=O) groups excluding carboxylic acids is 1. The Hall–Kier alpha value is -3.69. The Morgan fingerprint density at radius 3 is 2.35 bits per heavy atom. The SMILES string of the molecule is O=C(C[C@H](c1ccc(C(F)(F)F)cc1)c1cn(Cc2ccc(F)cc2)c2ccccc12)NCCN1CCOCC1. The third-order valence-electron chi connectivity index (χ3n) is 7.34. The first-order valence-corrected chi connectivity index (χ1v) is 13.3. The zero-order valence-electron chi connectivity index (χ0n) is 22.0. The summed E-state index contributed by atoms with van der Waals surface area (Å²) in [4.78, 5) is 15.4. The standard InChI is InChI=1S/C31H31F4N3O2/c32-25-11-5-22(6-12-25)20-38-21-28(26-3-1-2-4-29(26)38)27(23-7-9-24(10-8-23)31(33,34)35)19-30(39)36-13-14-37-15-17-40-18-16-37/h1-12,21,27H,13-20H2,(H,36,39)/t27-/m1/s1. The molecule has 1 fully saturated rings. The number of nitrogens with zero attached hydrogens (tertiary/aromatic N) is 2. The van der Waals surface area contributed by atoms with E-state index in [0.717, 1.165) is 47.3 Å². The minimum absolute atomic E-state index is 0.0824. The number of benzene rings is 3. The van der Waals surface area contributed by atoms with Crippen LogP contribution in [0.25, 0.3) is 10.9 Å². The summed E-state index contributed by atoms with van der Waals surface area (Å²) >= 11 is 0. The predicted octanol–water partition coefficient (Wildman–Crippen LogP) is 5.82. The molecule has 1 atom stereocenters. The van der Waals surface area contributed by atoms with Gasteiger partial charge in [-0.05, 0) is 47.0 Å². The number of para-hydroxylation sites is 1. The summed E-state index contributed by atoms with van der Waals surface area (Å²) in [5.41, 5.74) is 2.57. The number of hydrogen-bond acceptors (Lipinski definition) is 3. The van der Waals surface area contributed by atoms with E-state index in [1.807, 2.05) is 35.0 Å². The summed E-state index contributed by atoms with van der Waals surface area (Å²) in [5, 5.41) is 3.90. The molecule has 1 aliphatic rings. The summed E-state index contributed by atoms with van der Waals surface area (Å²) in [6.07, 6.45) is -2.41. The van der Waals surface area contributed by atoms with Crippen molar-refractivity contribution in [2.24, 2.45) is 0 Å². The van der Waals surface area contributed by atoms with Crippen LogP contribution < -0.4 is 5.32 Å². The number of halogens is 4. The Morgan fingerprint density at radius 1 is 0.950 bits per heavy atom. The first-order valence-electron chi connectivity index (χ1n) is 13.3. The predicted molar refractivity (Wildman–Crippen MR) is 146 cm³/mol. The lowest BCUT2D eigenvalue weighted by Gasteiger charge is -2.26. The molecule has 0 saturated carbocycles. The highest BCUT2D eigenvalue weighted by molar-refractivity contribution is 5.86. The van der Waals surface area contributed by atoms with Crippen molar-refractivity contribution in [2.75, 3.05) is 39.4 Å². The minimum Gasteiger partial charge on any atom is -0.379 e. The van der Waals surface area contributed by atoms with Gasteiger partial charge in [-0.2, -0.15) is 13.2 Å². The fourth-order valence-electron chi connectivity index (χ4n) is 5.22. The zero-order valence-corrected chi connectivity index (χ0v) is 22.0. The van der Waals surface area contributed by atoms with Gasteiger partial charge in [-0.25, -0.2) is 4.39 Å². The second-order valence-electron chi connectivity index (χ2n) is 10.0. The monoisotopic (exact) mass is 553 g/mol. The maximum Gasteiger partial charge on any atom is 0.416 e. The molecular formula is C31H31F4N3O2. The molecule has 1 saturated heterocycles. The van der Waals surface area contributed by atoms with Crippen LogP contribution in [0.2, 0.25) is 0 Å². The van der Waals surface area contributed by atoms with Crippen LogP contribution in [0.5, 0.6) is 0 Å². The van der Waals surface area contributed by atoms with Gasteiger partial charge in [-0.3, -0.25) is 9.69 Å². The second kappa shape index (κ2) is 12.2. The van der Waals surface area contributed by atoms with Crippen LogP contribution in [0.4, 0.5) is 17.6 Å². The van der Waals surface area contributed by atoms with Gasteiger partial charge in [-0.15, -0.1) is 0 Å². The minimum atomic E-state index is -4.45. The first kappa shape index (κ1) is 27.9. The molecule has 4 aromatic rings. The van der Waals surface area contributed by atoms with Crippen molar-refractivity contribution in [3.8, 4) is 0 Å². The van der Waals surface area contributed by atoms with E-state index in [9.17, 15) is 22.4 Å². The number of ether oxygens (including phenoxy) is 1. The van der Waals surface area contributed by atoms with E-state index in [-0.39, 0.29) is 18.1 Å². The number of alkyl halides is 3. The van der Waals surface area contributed by atoms with Crippen LogP contribution >= 0.6 is 0 Å². The molecule has 1 aromatic heterocycles. The van der Waals surface area contributed by atoms with Gasteiger partial charge in [0, 0.05) is 62.2 Å². The van der Waals surface area contributed by atoms with Gasteiger partial charge in [0.1, 0.15) is 5.82 Å². The first-order chi connectivity index (χ1) is 19.3. The Labute approximate surface area is 230 Å². The molecule has 1 aliphatic heterocycles. The van der Waals surface area contributed by atoms with Crippen molar-refractivity contribution in [3.05, 3.63) is 107 Å². The van der Waals surface area contributed by atoms with E-state index in [0.29, 0.717) is 38.4 Å². The summed E-state index contributed by atoms with van der Waals surface area (Å²) < 4.78 is 60.7. The number of nitrogens with one attached hydrogen (secondary N) is 1. The molecule has 0 aliphatic carbocycles. The van der Waals surface area contributed by atoms with Crippen LogP contribution in [-0.4, -0.2) is 54.8 Å². The van der Waals surface area contributed by atoms with Crippen LogP contribution in [0.15, 0.2) is 79.0 Å². The van der Waals surface area contributed by atoms with Crippen molar-refractivity contribution in [1.82, 2.24) is 14.8 Å². The van der Waals surface area contributed by atoms with Crippen LogP contribution in [0.3, 0.4) is 0 Å². The smallest absolute Gasteiger partial charge is 0.379 e. The fourth-order valence-corrected chi connectivity index (χ4v) is 5.22. The van der Waals surface area contributed by atoms with Crippen molar-refractivity contribution in [1.29, 1.82) is 0 Å². The zero-order chi connectivity index (χ0) is 28.1. The number of hydrogen-bond donors (Lipinski definition) is 1. The van der Waals surface area contributed by atoms with Gasteiger partial charge in [0.2, 0.25) is 5.91 Å². The summed E-state index contributed by atoms with van der Waals surface area (Å²) in [6, 6.07) is 19.1. The highest BCUT2D eigenvalue weighted by Gasteiger charge is 2.31. The third-order valence-corrected chi connectivity index (χ3v) is 7.34. The number of amides is 1. The number of carbonyl (C=O) groups is 1. The highest BCUT2D eigenvalue weighted by Crippen LogP contribution is 2.37. The van der Waals surface area contributed by atoms with Crippen molar-refractivity contribution < 1.29 is 27.1 Å². The summed E-state index contributed by atoms with van der Waals surface area (Å²) in [7, 11) is 0. The molecule has 40 heavy (non-hydrogen) atoms. The second-order valence-corrected chi connectivity index (χ2v) is 10.0. The van der Waals surface area contributed by atoms with E-state index in [4.69, 9.17) is 4.74 Å². The Bertz CT molecular complexity index is 1430. The van der Waals surface area contributed by atoms with Gasteiger partial charge in [0.15, 0.2) is 0 Å². The van der Waals surface area contributed by atoms with E-state index in [2.05, 4.69) is 10.2 Å². The fraction of sp³-hybridized carbons (Fsp3) is 0.323. The number of morpholine rings is 1. The number of rotatable bonds is 9. The van der Waals surface area contributed by atoms with Gasteiger partial charge < -0.3 is 14.6 Å². The molecule has 3 aromatic carbocycles. The maximum absolute atomic E-state index is 13.5. The van der Waals surface area contributed by atoms with E-state index in [1.54, 1.807) is 12.1 Å². The van der Waals surface area contributed by atoms with E-state index < -0.39 is 17.7 Å². The lowest BCUT2D eigenvalue weighted by atomic mass is 9.87. The van der Waals surface area contributed by atoms with E-state index >= 15 is 0 Å². The largest absolute Gasteiger partial charge is 0.416 e. The van der Waals surface area contributed by atoms with Gasteiger partial charge in [0.05, 0.1) is 18.8 Å². The molecule has 5 nitrogen and oxygen atoms in total. The maximum atomic E-state index is 13.5. The third kappa shape index (κ3) is 6.71.